The molecule has 0 amide bonds. The molecule has 13 saturated carbocycles. The van der Waals surface area contributed by atoms with Crippen molar-refractivity contribution in [3.8, 4) is 0 Å². The van der Waals surface area contributed by atoms with Crippen LogP contribution in [0, 0.1) is 71.0 Å². The molecule has 8 bridgehead atoms. The van der Waals surface area contributed by atoms with Gasteiger partial charge in [-0.15, -0.1) is 0 Å². The van der Waals surface area contributed by atoms with Gasteiger partial charge in [-0.25, -0.2) is 0 Å². The molecule has 316 valence electrons. The number of rotatable bonds is 0. The topological polar surface area (TPSA) is 0 Å². The van der Waals surface area contributed by atoms with Crippen molar-refractivity contribution in [1.82, 2.24) is 0 Å². The Labute approximate surface area is 345 Å². The lowest BCUT2D eigenvalue weighted by molar-refractivity contribution is 0.0198. The summed E-state index contributed by atoms with van der Waals surface area (Å²) in [5.74, 6) is 13.5. The van der Waals surface area contributed by atoms with Gasteiger partial charge in [-0.3, -0.25) is 0 Å². The van der Waals surface area contributed by atoms with E-state index in [1.54, 1.807) is 128 Å². The molecular weight excluding hydrogens is 661 g/mol. The van der Waals surface area contributed by atoms with Crippen molar-refractivity contribution >= 4 is 0 Å². The van der Waals surface area contributed by atoms with Crippen molar-refractivity contribution in [2.75, 3.05) is 0 Å². The molecule has 0 nitrogen and oxygen atoms in total. The third-order valence-electron chi connectivity index (χ3n) is 18.2. The van der Waals surface area contributed by atoms with Gasteiger partial charge in [0.15, 0.2) is 0 Å². The van der Waals surface area contributed by atoms with Crippen LogP contribution in [0.25, 0.3) is 0 Å². The van der Waals surface area contributed by atoms with Gasteiger partial charge >= 0.3 is 0 Å². The fourth-order valence-corrected chi connectivity index (χ4v) is 15.2. The fraction of sp³-hybridized carbons (Fsp3) is 0.964. The zero-order valence-corrected chi connectivity index (χ0v) is 37.1. The van der Waals surface area contributed by atoms with Crippen LogP contribution < -0.4 is 0 Å². The average Bonchev–Trinajstić information content (AvgIpc) is 4.05. The summed E-state index contributed by atoms with van der Waals surface area (Å²) >= 11 is 0. The van der Waals surface area contributed by atoms with Crippen molar-refractivity contribution in [2.24, 2.45) is 71.0 Å². The monoisotopic (exact) mass is 757 g/mol. The van der Waals surface area contributed by atoms with Gasteiger partial charge in [0.05, 0.1) is 0 Å². The molecule has 0 heterocycles. The molecule has 0 heteroatoms. The van der Waals surface area contributed by atoms with E-state index in [1.165, 1.54) is 159 Å². The summed E-state index contributed by atoms with van der Waals surface area (Å²) in [4.78, 5) is 0. The second-order valence-corrected chi connectivity index (χ2v) is 22.8. The lowest BCUT2D eigenvalue weighted by Gasteiger charge is -2.49. The van der Waals surface area contributed by atoms with Gasteiger partial charge in [-0.2, -0.15) is 0 Å². The van der Waals surface area contributed by atoms with Crippen LogP contribution in [0.1, 0.15) is 263 Å². The van der Waals surface area contributed by atoms with E-state index in [2.05, 4.69) is 12.2 Å². The van der Waals surface area contributed by atoms with Gasteiger partial charge in [-0.05, 0) is 129 Å². The first-order valence-electron chi connectivity index (χ1n) is 26.9. The average molecular weight is 757 g/mol. The highest BCUT2D eigenvalue weighted by molar-refractivity contribution is 4.94. The van der Waals surface area contributed by atoms with Crippen LogP contribution in [0.4, 0.5) is 0 Å². The molecular formula is C55H96. The van der Waals surface area contributed by atoms with Crippen molar-refractivity contribution in [3.63, 3.8) is 0 Å². The third-order valence-corrected chi connectivity index (χ3v) is 18.2. The molecule has 0 N–H and O–H groups in total. The molecule has 15 aliphatic rings. The summed E-state index contributed by atoms with van der Waals surface area (Å²) in [7, 11) is 0. The molecule has 0 saturated heterocycles. The van der Waals surface area contributed by atoms with Gasteiger partial charge in [0.1, 0.15) is 0 Å². The molecule has 13 fully saturated rings. The Morgan fingerprint density at radius 3 is 0.782 bits per heavy atom. The first-order valence-corrected chi connectivity index (χ1v) is 26.9. The first kappa shape index (κ1) is 42.8. The Hall–Kier alpha value is -0.260. The van der Waals surface area contributed by atoms with Crippen LogP contribution in [0.15, 0.2) is 12.2 Å². The largest absolute Gasteiger partial charge is 0.0880 e. The van der Waals surface area contributed by atoms with Crippen LogP contribution in [0.2, 0.25) is 0 Å². The van der Waals surface area contributed by atoms with Crippen molar-refractivity contribution in [3.05, 3.63) is 12.2 Å². The summed E-state index contributed by atoms with van der Waals surface area (Å²) in [5.41, 5.74) is 0. The smallest absolute Gasteiger partial charge is 0.0234 e. The van der Waals surface area contributed by atoms with Gasteiger partial charge in [-0.1, -0.05) is 218 Å². The lowest BCUT2D eigenvalue weighted by Crippen LogP contribution is -2.38. The van der Waals surface area contributed by atoms with Gasteiger partial charge < -0.3 is 0 Å². The van der Waals surface area contributed by atoms with Gasteiger partial charge in [0.2, 0.25) is 0 Å². The standard InChI is InChI=1S/C11H20.C11H18.C10H16.2C10H18.C3H6/c2*1-4-10-6-2-7-11(5-1)9-3-8-10;1-7-2-9-4-8(1)5-10(3-7)6-9;2*1-2-6-10-8-4-3-7-9(10)5-1;1-2-3-1/h10-11H,1-9H2;1,4,10-11H,2-3,5-9H2;7-10H,1-6H2;2*9-10H,1-8H2;1-3H2. The van der Waals surface area contributed by atoms with E-state index in [1.807, 2.05) is 0 Å². The van der Waals surface area contributed by atoms with E-state index in [0.717, 1.165) is 47.3 Å². The predicted molar refractivity (Wildman–Crippen MR) is 240 cm³/mol. The van der Waals surface area contributed by atoms with Crippen LogP contribution >= 0.6 is 0 Å². The zero-order valence-electron chi connectivity index (χ0n) is 37.1. The predicted octanol–water partition coefficient (Wildman–Crippen LogP) is 18.0. The van der Waals surface area contributed by atoms with E-state index in [4.69, 9.17) is 0 Å². The second-order valence-electron chi connectivity index (χ2n) is 22.8. The third kappa shape index (κ3) is 15.4. The van der Waals surface area contributed by atoms with Crippen LogP contribution in [-0.2, 0) is 0 Å². The van der Waals surface area contributed by atoms with E-state index in [-0.39, 0.29) is 0 Å². The minimum Gasteiger partial charge on any atom is -0.0880 e. The molecule has 0 aromatic rings. The quantitative estimate of drug-likeness (QED) is 0.216. The molecule has 0 aromatic heterocycles. The highest BCUT2D eigenvalue weighted by Crippen LogP contribution is 2.53. The molecule has 0 radical (unpaired) electrons. The Bertz CT molecular complexity index is 850. The lowest BCUT2D eigenvalue weighted by atomic mass is 9.56. The molecule has 0 spiro atoms. The highest BCUT2D eigenvalue weighted by atomic mass is 14.5. The molecule has 0 unspecified atom stereocenters. The molecule has 15 aliphatic carbocycles. The van der Waals surface area contributed by atoms with Crippen molar-refractivity contribution in [2.45, 2.75) is 263 Å². The second kappa shape index (κ2) is 24.1. The van der Waals surface area contributed by atoms with Gasteiger partial charge in [0, 0.05) is 0 Å². The minimum atomic E-state index is 0.941. The summed E-state index contributed by atoms with van der Waals surface area (Å²) in [6, 6.07) is 0. The molecule has 0 atom stereocenters. The molecule has 0 aliphatic heterocycles. The van der Waals surface area contributed by atoms with Gasteiger partial charge in [0.25, 0.3) is 0 Å². The number of hydrogen-bond acceptors (Lipinski definition) is 0. The Morgan fingerprint density at radius 2 is 0.491 bits per heavy atom. The van der Waals surface area contributed by atoms with E-state index < -0.39 is 0 Å². The number of fused-ring (bicyclic) bond motifs is 13. The zero-order chi connectivity index (χ0) is 37.3. The van der Waals surface area contributed by atoms with E-state index in [0.29, 0.717) is 0 Å². The SMILES string of the molecule is C1=CC2CCCC(C1)CCC2.C1C2CC3CC1CC(C2)C3.C1CC1.C1CC2CCCC(C1)CCC2.C1CCC2CCCCC2C1.C1CCC2CCCCC2C1. The summed E-state index contributed by atoms with van der Waals surface area (Å²) in [5, 5.41) is 0. The maximum atomic E-state index is 2.48. The van der Waals surface area contributed by atoms with Crippen molar-refractivity contribution in [1.29, 1.82) is 0 Å². The number of hydrogen-bond donors (Lipinski definition) is 0. The molecule has 15 rings (SSSR count). The fourth-order valence-electron chi connectivity index (χ4n) is 15.2. The molecule has 0 aromatic carbocycles. The van der Waals surface area contributed by atoms with Crippen LogP contribution in [0.5, 0.6) is 0 Å². The summed E-state index contributed by atoms with van der Waals surface area (Å²) < 4.78 is 0. The Morgan fingerprint density at radius 1 is 0.218 bits per heavy atom. The summed E-state index contributed by atoms with van der Waals surface area (Å²) in [6.45, 7) is 0. The highest BCUT2D eigenvalue weighted by Gasteiger charge is 2.41. The normalized spacial score (nSPS) is 42.0. The Kier molecular flexibility index (Phi) is 18.8. The molecule has 55 heavy (non-hydrogen) atoms. The maximum Gasteiger partial charge on any atom is -0.0234 e. The maximum absolute atomic E-state index is 2.48. The first-order chi connectivity index (χ1) is 27.2. The Balaban J connectivity index is 0.000000104. The van der Waals surface area contributed by atoms with Crippen LogP contribution in [0.3, 0.4) is 0 Å². The van der Waals surface area contributed by atoms with Crippen LogP contribution in [-0.4, -0.2) is 0 Å². The van der Waals surface area contributed by atoms with Crippen molar-refractivity contribution < 1.29 is 0 Å². The number of allylic oxidation sites excluding steroid dienone is 2. The minimum absolute atomic E-state index is 0.941. The van der Waals surface area contributed by atoms with E-state index >= 15 is 0 Å². The summed E-state index contributed by atoms with van der Waals surface area (Å²) in [6.07, 6.45) is 68.0. The van der Waals surface area contributed by atoms with E-state index in [9.17, 15) is 0 Å².